The summed E-state index contributed by atoms with van der Waals surface area (Å²) in [7, 11) is 4.72. The van der Waals surface area contributed by atoms with E-state index in [1.165, 1.54) is 26.4 Å². The van der Waals surface area contributed by atoms with Gasteiger partial charge in [-0.1, -0.05) is 18.2 Å². The van der Waals surface area contributed by atoms with Gasteiger partial charge in [0.15, 0.2) is 0 Å². The lowest BCUT2D eigenvalue weighted by atomic mass is 10.1. The van der Waals surface area contributed by atoms with Gasteiger partial charge in [-0.05, 0) is 61.4 Å². The molecule has 0 atom stereocenters. The fourth-order valence-electron chi connectivity index (χ4n) is 5.36. The molecule has 0 spiro atoms. The number of para-hydroxylation sites is 1. The van der Waals surface area contributed by atoms with Gasteiger partial charge in [0, 0.05) is 49.1 Å². The highest BCUT2D eigenvalue weighted by Crippen LogP contribution is 2.31. The minimum atomic E-state index is -0.602. The molecule has 2 amide bonds. The summed E-state index contributed by atoms with van der Waals surface area (Å²) in [5.41, 5.74) is 1.51. The number of nitrogens with zero attached hydrogens (tertiary/aromatic N) is 2. The molecule has 47 heavy (non-hydrogen) atoms. The van der Waals surface area contributed by atoms with E-state index in [9.17, 15) is 19.7 Å². The molecule has 0 bridgehead atoms. The van der Waals surface area contributed by atoms with E-state index < -0.39 is 16.7 Å². The lowest BCUT2D eigenvalue weighted by Crippen LogP contribution is -2.38. The van der Waals surface area contributed by atoms with Gasteiger partial charge in [-0.3, -0.25) is 24.6 Å². The number of piperidine rings is 1. The van der Waals surface area contributed by atoms with Crippen LogP contribution in [-0.4, -0.2) is 62.2 Å². The van der Waals surface area contributed by atoms with E-state index in [2.05, 4.69) is 21.6 Å². The number of benzene rings is 4. The molecule has 0 unspecified atom stereocenters. The molecule has 1 aliphatic rings. The van der Waals surface area contributed by atoms with E-state index in [1.807, 2.05) is 18.2 Å². The standard InChI is InChI=1S/C35H36N4O8/c1-44-26-11-8-24(9-12-26)36-34(40)29-14-10-25(39(42)43)20-31(29)37-35(41)30-15-13-28(45-2)21-33(30)47-27-16-18-38(19-17-27)22-23-6-4-5-7-32(23)46-3/h4-15,20-21,27H,16-19,22H2,1-3H3,(H,36,40)(H,37,41). The van der Waals surface area contributed by atoms with Crippen LogP contribution in [0.3, 0.4) is 0 Å². The maximum Gasteiger partial charge on any atom is 0.271 e. The Bertz CT molecular complexity index is 1740. The molecule has 4 aromatic carbocycles. The second kappa shape index (κ2) is 15.1. The molecular formula is C35H36N4O8. The topological polar surface area (TPSA) is 142 Å². The highest BCUT2D eigenvalue weighted by molar-refractivity contribution is 6.13. The number of non-ortho nitro benzene ring substituents is 1. The van der Waals surface area contributed by atoms with E-state index in [4.69, 9.17) is 18.9 Å². The van der Waals surface area contributed by atoms with Crippen molar-refractivity contribution in [1.82, 2.24) is 4.90 Å². The molecule has 0 aliphatic carbocycles. The number of nitro benzene ring substituents is 1. The lowest BCUT2D eigenvalue weighted by molar-refractivity contribution is -0.384. The van der Waals surface area contributed by atoms with Crippen LogP contribution in [0.4, 0.5) is 17.1 Å². The summed E-state index contributed by atoms with van der Waals surface area (Å²) in [6, 6.07) is 23.1. The van der Waals surface area contributed by atoms with Crippen LogP contribution in [-0.2, 0) is 6.54 Å². The largest absolute Gasteiger partial charge is 0.497 e. The van der Waals surface area contributed by atoms with Gasteiger partial charge in [0.1, 0.15) is 29.1 Å². The first-order chi connectivity index (χ1) is 22.8. The fourth-order valence-corrected chi connectivity index (χ4v) is 5.36. The van der Waals surface area contributed by atoms with Crippen molar-refractivity contribution in [2.75, 3.05) is 45.1 Å². The van der Waals surface area contributed by atoms with E-state index >= 15 is 0 Å². The normalized spacial score (nSPS) is 13.3. The highest BCUT2D eigenvalue weighted by Gasteiger charge is 2.25. The lowest BCUT2D eigenvalue weighted by Gasteiger charge is -2.32. The first kappa shape index (κ1) is 32.8. The third-order valence-electron chi connectivity index (χ3n) is 7.90. The van der Waals surface area contributed by atoms with Crippen LogP contribution < -0.4 is 29.6 Å². The number of likely N-dealkylation sites (tertiary alicyclic amines) is 1. The molecule has 0 radical (unpaired) electrons. The smallest absolute Gasteiger partial charge is 0.271 e. The molecule has 1 saturated heterocycles. The van der Waals surface area contributed by atoms with Gasteiger partial charge in [0.25, 0.3) is 17.5 Å². The van der Waals surface area contributed by atoms with Crippen molar-refractivity contribution in [2.45, 2.75) is 25.5 Å². The summed E-state index contributed by atoms with van der Waals surface area (Å²) in [4.78, 5) is 40.3. The SMILES string of the molecule is COc1ccc(NC(=O)c2ccc([N+](=O)[O-])cc2NC(=O)c2ccc(OC)cc2OC2CCN(Cc3ccccc3OC)CC2)cc1. The van der Waals surface area contributed by atoms with Crippen molar-refractivity contribution in [3.8, 4) is 23.0 Å². The third-order valence-corrected chi connectivity index (χ3v) is 7.90. The molecule has 244 valence electrons. The predicted molar refractivity (Wildman–Crippen MR) is 177 cm³/mol. The van der Waals surface area contributed by atoms with Crippen molar-refractivity contribution in [2.24, 2.45) is 0 Å². The van der Waals surface area contributed by atoms with E-state index in [0.29, 0.717) is 22.9 Å². The van der Waals surface area contributed by atoms with E-state index in [-0.39, 0.29) is 28.6 Å². The van der Waals surface area contributed by atoms with Crippen molar-refractivity contribution in [3.63, 3.8) is 0 Å². The molecule has 5 rings (SSSR count). The average Bonchev–Trinajstić information content (AvgIpc) is 3.09. The van der Waals surface area contributed by atoms with Crippen molar-refractivity contribution in [1.29, 1.82) is 0 Å². The van der Waals surface area contributed by atoms with Crippen LogP contribution in [0.5, 0.6) is 23.0 Å². The zero-order chi connectivity index (χ0) is 33.3. The molecule has 0 aromatic heterocycles. The van der Waals surface area contributed by atoms with Gasteiger partial charge in [0.2, 0.25) is 0 Å². The summed E-state index contributed by atoms with van der Waals surface area (Å²) in [5.74, 6) is 1.10. The number of amides is 2. The Labute approximate surface area is 272 Å². The number of nitrogens with one attached hydrogen (secondary N) is 2. The van der Waals surface area contributed by atoms with Crippen LogP contribution in [0, 0.1) is 10.1 Å². The predicted octanol–water partition coefficient (Wildman–Crippen LogP) is 6.17. The number of hydrogen-bond acceptors (Lipinski definition) is 9. The molecule has 2 N–H and O–H groups in total. The van der Waals surface area contributed by atoms with Gasteiger partial charge in [-0.2, -0.15) is 0 Å². The quantitative estimate of drug-likeness (QED) is 0.137. The van der Waals surface area contributed by atoms with Gasteiger partial charge < -0.3 is 29.6 Å². The van der Waals surface area contributed by atoms with Crippen molar-refractivity contribution in [3.05, 3.63) is 112 Å². The summed E-state index contributed by atoms with van der Waals surface area (Å²) in [5, 5.41) is 17.0. The monoisotopic (exact) mass is 640 g/mol. The molecule has 4 aromatic rings. The second-order valence-corrected chi connectivity index (χ2v) is 10.9. The summed E-state index contributed by atoms with van der Waals surface area (Å²) < 4.78 is 22.4. The van der Waals surface area contributed by atoms with Crippen LogP contribution in [0.1, 0.15) is 39.1 Å². The Morgan fingerprint density at radius 2 is 1.45 bits per heavy atom. The molecule has 12 heteroatoms. The van der Waals surface area contributed by atoms with Crippen LogP contribution >= 0.6 is 0 Å². The zero-order valence-electron chi connectivity index (χ0n) is 26.4. The number of methoxy groups -OCH3 is 3. The van der Waals surface area contributed by atoms with Gasteiger partial charge in [0.05, 0.1) is 43.1 Å². The number of hydrogen-bond donors (Lipinski definition) is 2. The molecule has 1 fully saturated rings. The minimum Gasteiger partial charge on any atom is -0.497 e. The Morgan fingerprint density at radius 1 is 0.787 bits per heavy atom. The van der Waals surface area contributed by atoms with E-state index in [0.717, 1.165) is 49.9 Å². The van der Waals surface area contributed by atoms with Gasteiger partial charge >= 0.3 is 0 Å². The number of nitro groups is 1. The van der Waals surface area contributed by atoms with Crippen LogP contribution in [0.25, 0.3) is 0 Å². The summed E-state index contributed by atoms with van der Waals surface area (Å²) >= 11 is 0. The second-order valence-electron chi connectivity index (χ2n) is 10.9. The first-order valence-electron chi connectivity index (χ1n) is 15.0. The maximum absolute atomic E-state index is 13.7. The van der Waals surface area contributed by atoms with Crippen molar-refractivity contribution < 1.29 is 33.5 Å². The van der Waals surface area contributed by atoms with E-state index in [1.54, 1.807) is 49.6 Å². The number of carbonyl (C=O) groups is 2. The third kappa shape index (κ3) is 8.16. The van der Waals surface area contributed by atoms with Gasteiger partial charge in [-0.15, -0.1) is 0 Å². The Balaban J connectivity index is 1.32. The molecule has 1 aliphatic heterocycles. The summed E-state index contributed by atoms with van der Waals surface area (Å²) in [6.45, 7) is 2.32. The first-order valence-corrected chi connectivity index (χ1v) is 15.0. The average molecular weight is 641 g/mol. The molecule has 1 heterocycles. The molecule has 0 saturated carbocycles. The fraction of sp³-hybridized carbons (Fsp3) is 0.257. The van der Waals surface area contributed by atoms with Crippen LogP contribution in [0.2, 0.25) is 0 Å². The molecule has 12 nitrogen and oxygen atoms in total. The number of carbonyl (C=O) groups excluding carboxylic acids is 2. The Hall–Kier alpha value is -5.62. The van der Waals surface area contributed by atoms with Gasteiger partial charge in [-0.25, -0.2) is 0 Å². The summed E-state index contributed by atoms with van der Waals surface area (Å²) in [6.07, 6.45) is 1.30. The Kier molecular flexibility index (Phi) is 10.5. The van der Waals surface area contributed by atoms with Crippen LogP contribution in [0.15, 0.2) is 84.9 Å². The highest BCUT2D eigenvalue weighted by atomic mass is 16.6. The minimum absolute atomic E-state index is 0.0263. The number of rotatable bonds is 12. The maximum atomic E-state index is 13.7. The zero-order valence-corrected chi connectivity index (χ0v) is 26.4. The molecular weight excluding hydrogens is 604 g/mol. The Morgan fingerprint density at radius 3 is 2.13 bits per heavy atom. The number of anilines is 2. The number of ether oxygens (including phenoxy) is 4. The van der Waals surface area contributed by atoms with Crippen molar-refractivity contribution >= 4 is 28.9 Å².